The number of aliphatic hydroxyl groups excluding tert-OH is 1. The van der Waals surface area contributed by atoms with Gasteiger partial charge in [0.15, 0.2) is 5.65 Å². The summed E-state index contributed by atoms with van der Waals surface area (Å²) in [4.78, 5) is 10.5. The van der Waals surface area contributed by atoms with Gasteiger partial charge >= 0.3 is 0 Å². The summed E-state index contributed by atoms with van der Waals surface area (Å²) in [5.41, 5.74) is 8.84. The lowest BCUT2D eigenvalue weighted by atomic mass is 9.93. The Morgan fingerprint density at radius 2 is 1.48 bits per heavy atom. The highest BCUT2D eigenvalue weighted by Gasteiger charge is 2.34. The van der Waals surface area contributed by atoms with Crippen LogP contribution in [0, 0.1) is 6.92 Å². The van der Waals surface area contributed by atoms with Crippen LogP contribution in [0.2, 0.25) is 10.0 Å². The van der Waals surface area contributed by atoms with Crippen molar-refractivity contribution in [3.05, 3.63) is 123 Å². The van der Waals surface area contributed by atoms with E-state index in [1.165, 1.54) is 0 Å². The fraction of sp³-hybridized carbons (Fsp3) is 0.114. The molecule has 1 N–H and O–H groups in total. The van der Waals surface area contributed by atoms with E-state index in [9.17, 15) is 5.11 Å². The number of benzene rings is 4. The molecule has 0 unspecified atom stereocenters. The van der Waals surface area contributed by atoms with E-state index in [0.29, 0.717) is 32.5 Å². The molecule has 0 spiro atoms. The van der Waals surface area contributed by atoms with Gasteiger partial charge in [-0.15, -0.1) is 0 Å². The minimum atomic E-state index is 0.0732. The predicted octanol–water partition coefficient (Wildman–Crippen LogP) is 8.67. The highest BCUT2D eigenvalue weighted by Crippen LogP contribution is 2.49. The molecule has 204 valence electrons. The topological polar surface area (TPSA) is 63.8 Å². The Labute approximate surface area is 252 Å². The monoisotopic (exact) mass is 586 g/mol. The van der Waals surface area contributed by atoms with Crippen molar-refractivity contribution in [2.75, 3.05) is 0 Å². The van der Waals surface area contributed by atoms with Gasteiger partial charge in [-0.1, -0.05) is 59.6 Å². The van der Waals surface area contributed by atoms with Gasteiger partial charge in [-0.05, 0) is 79.9 Å². The first-order valence-corrected chi connectivity index (χ1v) is 14.7. The smallest absolute Gasteiger partial charge is 0.164 e. The number of aryl methyl sites for hydroxylation is 1. The molecule has 0 radical (unpaired) electrons. The average molecular weight is 588 g/mol. The molecule has 5 nitrogen and oxygen atoms in total. The number of nitrogens with zero attached hydrogens (tertiary/aromatic N) is 4. The maximum atomic E-state index is 11.9. The Morgan fingerprint density at radius 1 is 0.786 bits per heavy atom. The van der Waals surface area contributed by atoms with E-state index < -0.39 is 0 Å². The molecular weight excluding hydrogens is 563 g/mol. The van der Waals surface area contributed by atoms with Crippen LogP contribution in [0.5, 0.6) is 0 Å². The molecule has 3 heterocycles. The third-order valence-electron chi connectivity index (χ3n) is 8.13. The largest absolute Gasteiger partial charge is 0.505 e. The second kappa shape index (κ2) is 9.55. The summed E-state index contributed by atoms with van der Waals surface area (Å²) in [5, 5.41) is 20.7. The van der Waals surface area contributed by atoms with E-state index >= 15 is 0 Å². The van der Waals surface area contributed by atoms with Crippen LogP contribution < -0.4 is 5.35 Å². The molecule has 0 atom stereocenters. The number of hydrogen-bond acceptors (Lipinski definition) is 4. The van der Waals surface area contributed by atoms with Crippen LogP contribution >= 0.6 is 23.2 Å². The minimum Gasteiger partial charge on any atom is -0.505 e. The third kappa shape index (κ3) is 3.96. The first-order chi connectivity index (χ1) is 20.5. The summed E-state index contributed by atoms with van der Waals surface area (Å²) in [7, 11) is 0. The molecule has 7 heteroatoms. The Balaban J connectivity index is 1.62. The van der Waals surface area contributed by atoms with Crippen LogP contribution in [0.4, 0.5) is 0 Å². The maximum Gasteiger partial charge on any atom is 0.164 e. The van der Waals surface area contributed by atoms with Gasteiger partial charge in [-0.25, -0.2) is 14.6 Å². The SMILES string of the molecule is Cc1ccc2nc(-c3ccc(Cl)cc3)c3c4c(C5CC5)nn(-c5ccccc5)c4n/c(=C(/O)c4ccc(Cl)cc4)c1c2-3. The molecule has 8 rings (SSSR count). The zero-order valence-corrected chi connectivity index (χ0v) is 24.2. The van der Waals surface area contributed by atoms with E-state index in [-0.39, 0.29) is 5.76 Å². The number of hydrogen-bond donors (Lipinski definition) is 1. The summed E-state index contributed by atoms with van der Waals surface area (Å²) in [6, 6.07) is 29.1. The molecule has 2 aliphatic heterocycles. The lowest BCUT2D eigenvalue weighted by molar-refractivity contribution is 0.506. The molecule has 3 aliphatic rings. The van der Waals surface area contributed by atoms with E-state index in [0.717, 1.165) is 68.5 Å². The van der Waals surface area contributed by atoms with Crippen LogP contribution in [0.15, 0.2) is 91.0 Å². The number of rotatable bonds is 4. The van der Waals surface area contributed by atoms with Crippen molar-refractivity contribution in [3.8, 4) is 28.1 Å². The first kappa shape index (κ1) is 25.3. The van der Waals surface area contributed by atoms with Crippen molar-refractivity contribution >= 4 is 50.9 Å². The van der Waals surface area contributed by atoms with Gasteiger partial charge < -0.3 is 5.11 Å². The second-order valence-electron chi connectivity index (χ2n) is 10.9. The predicted molar refractivity (Wildman–Crippen MR) is 170 cm³/mol. The van der Waals surface area contributed by atoms with Gasteiger partial charge in [0.25, 0.3) is 0 Å². The number of para-hydroxylation sites is 1. The highest BCUT2D eigenvalue weighted by atomic mass is 35.5. The zero-order chi connectivity index (χ0) is 28.5. The first-order valence-electron chi connectivity index (χ1n) is 13.9. The Kier molecular flexibility index (Phi) is 5.75. The molecule has 0 saturated heterocycles. The van der Waals surface area contributed by atoms with Crippen molar-refractivity contribution in [2.24, 2.45) is 0 Å². The zero-order valence-electron chi connectivity index (χ0n) is 22.6. The molecule has 1 aromatic heterocycles. The minimum absolute atomic E-state index is 0.0732. The van der Waals surface area contributed by atoms with Gasteiger partial charge in [-0.2, -0.15) is 5.10 Å². The maximum absolute atomic E-state index is 11.9. The van der Waals surface area contributed by atoms with Crippen LogP contribution in [0.1, 0.15) is 35.6 Å². The highest BCUT2D eigenvalue weighted by molar-refractivity contribution is 6.31. The van der Waals surface area contributed by atoms with E-state index in [1.54, 1.807) is 12.1 Å². The van der Waals surface area contributed by atoms with E-state index in [4.69, 9.17) is 38.3 Å². The van der Waals surface area contributed by atoms with Crippen molar-refractivity contribution in [3.63, 3.8) is 0 Å². The number of fused-ring (bicyclic) bond motifs is 2. The molecule has 1 saturated carbocycles. The molecule has 4 aromatic carbocycles. The van der Waals surface area contributed by atoms with Crippen LogP contribution in [0.3, 0.4) is 0 Å². The molecule has 5 aromatic rings. The molecule has 0 bridgehead atoms. The van der Waals surface area contributed by atoms with Gasteiger partial charge in [0.05, 0.1) is 28.0 Å². The molecule has 42 heavy (non-hydrogen) atoms. The summed E-state index contributed by atoms with van der Waals surface area (Å²) >= 11 is 12.5. The number of aromatic nitrogens is 4. The van der Waals surface area contributed by atoms with Gasteiger partial charge in [0, 0.05) is 43.6 Å². The van der Waals surface area contributed by atoms with E-state index in [1.807, 2.05) is 77.5 Å². The van der Waals surface area contributed by atoms with Gasteiger partial charge in [0.2, 0.25) is 0 Å². The quantitative estimate of drug-likeness (QED) is 0.224. The van der Waals surface area contributed by atoms with Crippen molar-refractivity contribution in [1.82, 2.24) is 19.7 Å². The second-order valence-corrected chi connectivity index (χ2v) is 11.8. The normalized spacial score (nSPS) is 14.3. The molecule has 0 amide bonds. The summed E-state index contributed by atoms with van der Waals surface area (Å²) in [5.74, 6) is 0.412. The van der Waals surface area contributed by atoms with Crippen LogP contribution in [-0.4, -0.2) is 24.9 Å². The lowest BCUT2D eigenvalue weighted by Crippen LogP contribution is -2.14. The van der Waals surface area contributed by atoms with Gasteiger partial charge in [-0.3, -0.25) is 0 Å². The fourth-order valence-corrected chi connectivity index (χ4v) is 6.19. The van der Waals surface area contributed by atoms with Gasteiger partial charge in [0.1, 0.15) is 11.1 Å². The average Bonchev–Trinajstić information content (AvgIpc) is 3.72. The summed E-state index contributed by atoms with van der Waals surface area (Å²) in [6.45, 7) is 2.06. The Hall–Kier alpha value is -4.45. The standard InChI is InChI=1S/C35H24Cl2N4O/c1-19-7-18-26-28-27(19)33(34(42)22-12-16-24(37)17-13-22)39-35-30(29(28)31(38-26)20-10-14-23(36)15-11-20)32(21-8-9-21)40-41(35)25-5-3-2-4-6-25/h2-7,10-18,21,42H,8-9H2,1H3/b34-33+. The summed E-state index contributed by atoms with van der Waals surface area (Å²) in [6.07, 6.45) is 2.15. The Morgan fingerprint density at radius 3 is 2.17 bits per heavy atom. The molecule has 1 fully saturated rings. The van der Waals surface area contributed by atoms with Crippen molar-refractivity contribution in [1.29, 1.82) is 0 Å². The number of aliphatic hydroxyl groups is 1. The van der Waals surface area contributed by atoms with E-state index in [2.05, 4.69) is 13.0 Å². The van der Waals surface area contributed by atoms with Crippen molar-refractivity contribution < 1.29 is 5.11 Å². The molecule has 1 aliphatic carbocycles. The lowest BCUT2D eigenvalue weighted by Gasteiger charge is -2.07. The fourth-order valence-electron chi connectivity index (χ4n) is 5.94. The number of halogens is 2. The van der Waals surface area contributed by atoms with Crippen LogP contribution in [0.25, 0.3) is 55.8 Å². The Bertz CT molecular complexity index is 2170. The summed E-state index contributed by atoms with van der Waals surface area (Å²) < 4.78 is 1.92. The molecular formula is C35H24Cl2N4O. The van der Waals surface area contributed by atoms with Crippen molar-refractivity contribution in [2.45, 2.75) is 25.7 Å². The van der Waals surface area contributed by atoms with Crippen LogP contribution in [-0.2, 0) is 0 Å². The third-order valence-corrected chi connectivity index (χ3v) is 8.63.